The molecule has 2 N–H and O–H groups in total. The number of rotatable bonds is 2. The molecule has 0 unspecified atom stereocenters. The van der Waals surface area contributed by atoms with Gasteiger partial charge in [0.25, 0.3) is 0 Å². The second-order valence-electron chi connectivity index (χ2n) is 5.58. The van der Waals surface area contributed by atoms with Crippen LogP contribution in [0.3, 0.4) is 0 Å². The van der Waals surface area contributed by atoms with Crippen molar-refractivity contribution < 1.29 is 5.11 Å². The predicted octanol–water partition coefficient (Wildman–Crippen LogP) is 2.46. The van der Waals surface area contributed by atoms with Crippen LogP contribution in [0.5, 0.6) is 0 Å². The van der Waals surface area contributed by atoms with E-state index < -0.39 is 0 Å². The molecule has 0 aromatic rings. The third-order valence-corrected chi connectivity index (χ3v) is 4.20. The summed E-state index contributed by atoms with van der Waals surface area (Å²) in [6, 6.07) is 1.07. The minimum Gasteiger partial charge on any atom is -0.392 e. The molecule has 0 bridgehead atoms. The zero-order valence-corrected chi connectivity index (χ0v) is 9.91. The summed E-state index contributed by atoms with van der Waals surface area (Å²) in [4.78, 5) is 0. The first-order valence-electron chi connectivity index (χ1n) is 6.70. The molecule has 0 amide bonds. The molecule has 0 spiro atoms. The van der Waals surface area contributed by atoms with Crippen molar-refractivity contribution in [3.63, 3.8) is 0 Å². The molecule has 0 radical (unpaired) electrons. The molecule has 88 valence electrons. The van der Waals surface area contributed by atoms with Gasteiger partial charge in [0.05, 0.1) is 6.10 Å². The number of hydrogen-bond donors (Lipinski definition) is 2. The van der Waals surface area contributed by atoms with Crippen LogP contribution in [0.2, 0.25) is 0 Å². The normalized spacial score (nSPS) is 42.8. The van der Waals surface area contributed by atoms with E-state index in [1.165, 1.54) is 44.9 Å². The predicted molar refractivity (Wildman–Crippen MR) is 62.8 cm³/mol. The lowest BCUT2D eigenvalue weighted by molar-refractivity contribution is 0.0801. The average Bonchev–Trinajstić information content (AvgIpc) is 2.25. The van der Waals surface area contributed by atoms with Crippen molar-refractivity contribution in [1.29, 1.82) is 0 Å². The Bertz CT molecular complexity index is 187. The Morgan fingerprint density at radius 2 is 1.60 bits per heavy atom. The van der Waals surface area contributed by atoms with Crippen molar-refractivity contribution in [2.75, 3.05) is 0 Å². The Labute approximate surface area is 93.5 Å². The van der Waals surface area contributed by atoms with Crippen molar-refractivity contribution in [2.24, 2.45) is 5.92 Å². The highest BCUT2D eigenvalue weighted by molar-refractivity contribution is 4.85. The van der Waals surface area contributed by atoms with Gasteiger partial charge >= 0.3 is 0 Å². The molecule has 2 nitrogen and oxygen atoms in total. The van der Waals surface area contributed by atoms with E-state index in [9.17, 15) is 5.11 Å². The summed E-state index contributed by atoms with van der Waals surface area (Å²) in [7, 11) is 0. The molecule has 0 aromatic heterocycles. The van der Waals surface area contributed by atoms with Crippen molar-refractivity contribution in [1.82, 2.24) is 5.32 Å². The zero-order chi connectivity index (χ0) is 10.7. The second kappa shape index (κ2) is 5.31. The SMILES string of the molecule is CC1CCC(N[C@H]2CCCC[C@@H]2O)CC1. The van der Waals surface area contributed by atoms with E-state index in [2.05, 4.69) is 12.2 Å². The summed E-state index contributed by atoms with van der Waals surface area (Å²) < 4.78 is 0. The smallest absolute Gasteiger partial charge is 0.0693 e. The van der Waals surface area contributed by atoms with Crippen molar-refractivity contribution in [3.8, 4) is 0 Å². The number of nitrogens with one attached hydrogen (secondary N) is 1. The highest BCUT2D eigenvalue weighted by Crippen LogP contribution is 2.26. The Balaban J connectivity index is 1.75. The zero-order valence-electron chi connectivity index (χ0n) is 9.91. The fraction of sp³-hybridized carbons (Fsp3) is 1.00. The fourth-order valence-corrected chi connectivity index (χ4v) is 3.04. The molecule has 0 aliphatic heterocycles. The van der Waals surface area contributed by atoms with Crippen LogP contribution in [0, 0.1) is 5.92 Å². The highest BCUT2D eigenvalue weighted by Gasteiger charge is 2.26. The van der Waals surface area contributed by atoms with Gasteiger partial charge in [-0.15, -0.1) is 0 Å². The van der Waals surface area contributed by atoms with Gasteiger partial charge in [0.2, 0.25) is 0 Å². The molecule has 15 heavy (non-hydrogen) atoms. The summed E-state index contributed by atoms with van der Waals surface area (Å²) in [5.41, 5.74) is 0. The fourth-order valence-electron chi connectivity index (χ4n) is 3.04. The maximum absolute atomic E-state index is 9.89. The second-order valence-corrected chi connectivity index (χ2v) is 5.58. The topological polar surface area (TPSA) is 32.3 Å². The quantitative estimate of drug-likeness (QED) is 0.735. The first kappa shape index (κ1) is 11.4. The van der Waals surface area contributed by atoms with Crippen molar-refractivity contribution in [3.05, 3.63) is 0 Å². The lowest BCUT2D eigenvalue weighted by Gasteiger charge is -2.35. The molecule has 2 atom stereocenters. The van der Waals surface area contributed by atoms with Crippen LogP contribution in [-0.2, 0) is 0 Å². The van der Waals surface area contributed by atoms with Gasteiger partial charge in [-0.2, -0.15) is 0 Å². The maximum atomic E-state index is 9.89. The Kier molecular flexibility index (Phi) is 4.04. The molecule has 2 fully saturated rings. The molecule has 0 saturated heterocycles. The van der Waals surface area contributed by atoms with Crippen LogP contribution in [0.15, 0.2) is 0 Å². The van der Waals surface area contributed by atoms with Gasteiger partial charge in [0.1, 0.15) is 0 Å². The lowest BCUT2D eigenvalue weighted by Crippen LogP contribution is -2.48. The van der Waals surface area contributed by atoms with Crippen LogP contribution in [-0.4, -0.2) is 23.3 Å². The highest BCUT2D eigenvalue weighted by atomic mass is 16.3. The Hall–Kier alpha value is -0.0800. The molecular formula is C13H25NO. The third kappa shape index (κ3) is 3.18. The van der Waals surface area contributed by atoms with E-state index in [-0.39, 0.29) is 6.10 Å². The monoisotopic (exact) mass is 211 g/mol. The minimum absolute atomic E-state index is 0.0851. The van der Waals surface area contributed by atoms with E-state index in [4.69, 9.17) is 0 Å². The van der Waals surface area contributed by atoms with Gasteiger partial charge in [-0.05, 0) is 44.4 Å². The summed E-state index contributed by atoms with van der Waals surface area (Å²) >= 11 is 0. The van der Waals surface area contributed by atoms with Crippen LogP contribution >= 0.6 is 0 Å². The van der Waals surface area contributed by atoms with Crippen LogP contribution in [0.1, 0.15) is 58.3 Å². The molecular weight excluding hydrogens is 186 g/mol. The van der Waals surface area contributed by atoms with Gasteiger partial charge in [-0.3, -0.25) is 0 Å². The van der Waals surface area contributed by atoms with Crippen LogP contribution in [0.4, 0.5) is 0 Å². The van der Waals surface area contributed by atoms with Crippen LogP contribution < -0.4 is 5.32 Å². The minimum atomic E-state index is -0.0851. The number of aliphatic hydroxyl groups is 1. The summed E-state index contributed by atoms with van der Waals surface area (Å²) in [5.74, 6) is 0.916. The maximum Gasteiger partial charge on any atom is 0.0693 e. The first-order valence-corrected chi connectivity index (χ1v) is 6.70. The Morgan fingerprint density at radius 3 is 2.27 bits per heavy atom. The molecule has 2 aliphatic carbocycles. The van der Waals surface area contributed by atoms with Gasteiger partial charge < -0.3 is 10.4 Å². The summed E-state index contributed by atoms with van der Waals surface area (Å²) in [6.45, 7) is 2.35. The van der Waals surface area contributed by atoms with E-state index in [1.807, 2.05) is 0 Å². The van der Waals surface area contributed by atoms with Crippen molar-refractivity contribution in [2.45, 2.75) is 76.5 Å². The average molecular weight is 211 g/mol. The van der Waals surface area contributed by atoms with E-state index >= 15 is 0 Å². The van der Waals surface area contributed by atoms with Crippen molar-refractivity contribution >= 4 is 0 Å². The lowest BCUT2D eigenvalue weighted by atomic mass is 9.85. The summed E-state index contributed by atoms with van der Waals surface area (Å²) in [5, 5.41) is 13.6. The van der Waals surface area contributed by atoms with E-state index in [0.717, 1.165) is 12.3 Å². The van der Waals surface area contributed by atoms with E-state index in [1.54, 1.807) is 0 Å². The van der Waals surface area contributed by atoms with Gasteiger partial charge in [0, 0.05) is 12.1 Å². The number of aliphatic hydroxyl groups excluding tert-OH is 1. The van der Waals surface area contributed by atoms with E-state index in [0.29, 0.717) is 12.1 Å². The molecule has 2 saturated carbocycles. The first-order chi connectivity index (χ1) is 7.25. The van der Waals surface area contributed by atoms with Gasteiger partial charge in [-0.25, -0.2) is 0 Å². The molecule has 2 heteroatoms. The molecule has 2 aliphatic rings. The standard InChI is InChI=1S/C13H25NO/c1-10-6-8-11(9-7-10)14-12-4-2-3-5-13(12)15/h10-15H,2-9H2,1H3/t10?,11?,12-,13-/m0/s1. The third-order valence-electron chi connectivity index (χ3n) is 4.20. The van der Waals surface area contributed by atoms with Gasteiger partial charge in [0.15, 0.2) is 0 Å². The van der Waals surface area contributed by atoms with Crippen LogP contribution in [0.25, 0.3) is 0 Å². The molecule has 0 heterocycles. The Morgan fingerprint density at radius 1 is 0.933 bits per heavy atom. The van der Waals surface area contributed by atoms with Gasteiger partial charge in [-0.1, -0.05) is 19.8 Å². The largest absolute Gasteiger partial charge is 0.392 e. The summed E-state index contributed by atoms with van der Waals surface area (Å²) in [6.07, 6.45) is 9.93. The molecule has 0 aromatic carbocycles. The number of hydrogen-bond acceptors (Lipinski definition) is 2. The molecule has 2 rings (SSSR count).